The summed E-state index contributed by atoms with van der Waals surface area (Å²) in [7, 11) is 0. The summed E-state index contributed by atoms with van der Waals surface area (Å²) >= 11 is 0. The molecule has 1 heteroatoms. The maximum atomic E-state index is 9.77. The zero-order valence-corrected chi connectivity index (χ0v) is 27.2. The second kappa shape index (κ2) is 11.2. The predicted octanol–water partition coefficient (Wildman–Crippen LogP) is 13.3. The second-order valence-electron chi connectivity index (χ2n) is 13.1. The van der Waals surface area contributed by atoms with Gasteiger partial charge in [-0.15, -0.1) is 0 Å². The Kier molecular flexibility index (Phi) is 6.31. The number of nitriles is 1. The highest BCUT2D eigenvalue weighted by Crippen LogP contribution is 2.58. The Labute approximate surface area is 291 Å². The lowest BCUT2D eigenvalue weighted by Gasteiger charge is -2.20. The summed E-state index contributed by atoms with van der Waals surface area (Å²) in [5.41, 5.74) is 15.6. The smallest absolute Gasteiger partial charge is 0.0998 e. The van der Waals surface area contributed by atoms with Crippen LogP contribution in [0.4, 0.5) is 0 Å². The van der Waals surface area contributed by atoms with Crippen LogP contribution >= 0.6 is 0 Å². The van der Waals surface area contributed by atoms with Crippen molar-refractivity contribution >= 4 is 32.3 Å². The van der Waals surface area contributed by atoms with Crippen molar-refractivity contribution in [3.05, 3.63) is 181 Å². The first-order valence-electron chi connectivity index (χ1n) is 17.1. The lowest BCUT2D eigenvalue weighted by molar-refractivity contribution is 1.50. The molecule has 1 aliphatic carbocycles. The van der Waals surface area contributed by atoms with Crippen molar-refractivity contribution in [2.75, 3.05) is 0 Å². The van der Waals surface area contributed by atoms with Gasteiger partial charge in [-0.05, 0) is 106 Å². The molecule has 10 rings (SSSR count). The van der Waals surface area contributed by atoms with Crippen molar-refractivity contribution in [1.29, 1.82) is 5.26 Å². The molecule has 0 unspecified atom stereocenters. The van der Waals surface area contributed by atoms with Crippen molar-refractivity contribution in [1.82, 2.24) is 0 Å². The van der Waals surface area contributed by atoms with Gasteiger partial charge in [-0.2, -0.15) is 5.26 Å². The Hall–Kier alpha value is -6.75. The number of hydrogen-bond donors (Lipinski definition) is 0. The van der Waals surface area contributed by atoms with Gasteiger partial charge in [-0.1, -0.05) is 164 Å². The highest BCUT2D eigenvalue weighted by Gasteiger charge is 2.31. The van der Waals surface area contributed by atoms with Gasteiger partial charge in [-0.25, -0.2) is 0 Å². The van der Waals surface area contributed by atoms with Crippen LogP contribution in [0.15, 0.2) is 176 Å². The highest BCUT2D eigenvalue weighted by atomic mass is 14.3. The number of rotatable bonds is 4. The van der Waals surface area contributed by atoms with Crippen LogP contribution in [0.2, 0.25) is 0 Å². The van der Waals surface area contributed by atoms with E-state index in [9.17, 15) is 5.26 Å². The molecule has 9 aromatic rings. The third kappa shape index (κ3) is 4.13. The third-order valence-corrected chi connectivity index (χ3v) is 10.4. The summed E-state index contributed by atoms with van der Waals surface area (Å²) in [5, 5.41) is 16.9. The van der Waals surface area contributed by atoms with Gasteiger partial charge in [0.2, 0.25) is 0 Å². The number of hydrogen-bond acceptors (Lipinski definition) is 1. The molecule has 0 saturated carbocycles. The molecule has 0 heterocycles. The average molecular weight is 632 g/mol. The van der Waals surface area contributed by atoms with Crippen LogP contribution in [-0.4, -0.2) is 0 Å². The SMILES string of the molecule is N#Cc1ccc(-c2cccc(-c3ccc4c5c(cccc35)-c3c-4c(-c4ccccc4)c4ccccc4c3-c3ccccc3)c2)c2ccccc12. The molecule has 1 aliphatic rings. The standard InChI is InChI=1S/C49H29N/c50-30-35-25-26-37(39-20-8-7-19-36(35)39)33-17-11-18-34(29-33)38-27-28-44-47-40(38)23-12-24-43(47)48-45(31-13-3-1-4-14-31)41-21-9-10-22-42(41)46(49(44)48)32-15-5-2-6-16-32/h1-29H. The van der Waals surface area contributed by atoms with Crippen LogP contribution in [0.3, 0.4) is 0 Å². The molecule has 0 amide bonds. The van der Waals surface area contributed by atoms with Gasteiger partial charge in [-0.3, -0.25) is 0 Å². The molecule has 9 aromatic carbocycles. The normalized spacial score (nSPS) is 11.6. The fourth-order valence-corrected chi connectivity index (χ4v) is 8.36. The predicted molar refractivity (Wildman–Crippen MR) is 210 cm³/mol. The molecule has 0 saturated heterocycles. The monoisotopic (exact) mass is 631 g/mol. The number of benzene rings is 9. The highest BCUT2D eigenvalue weighted by molar-refractivity contribution is 6.28. The van der Waals surface area contributed by atoms with Crippen LogP contribution in [0, 0.1) is 11.3 Å². The lowest BCUT2D eigenvalue weighted by Crippen LogP contribution is -1.93. The Bertz CT molecular complexity index is 2760. The number of fused-ring (bicyclic) bond motifs is 5. The molecular formula is C49H29N. The van der Waals surface area contributed by atoms with Crippen molar-refractivity contribution < 1.29 is 0 Å². The van der Waals surface area contributed by atoms with Gasteiger partial charge in [0.05, 0.1) is 11.6 Å². The molecule has 0 N–H and O–H groups in total. The third-order valence-electron chi connectivity index (χ3n) is 10.4. The second-order valence-corrected chi connectivity index (χ2v) is 13.1. The summed E-state index contributed by atoms with van der Waals surface area (Å²) in [6.45, 7) is 0. The number of nitrogens with zero attached hydrogens (tertiary/aromatic N) is 1. The van der Waals surface area contributed by atoms with E-state index in [1.54, 1.807) is 0 Å². The fourth-order valence-electron chi connectivity index (χ4n) is 8.36. The summed E-state index contributed by atoms with van der Waals surface area (Å²) in [4.78, 5) is 0. The molecule has 0 atom stereocenters. The Morgan fingerprint density at radius 1 is 0.300 bits per heavy atom. The van der Waals surface area contributed by atoms with E-state index in [1.165, 1.54) is 77.2 Å². The Balaban J connectivity index is 1.26. The zero-order chi connectivity index (χ0) is 33.2. The Morgan fingerprint density at radius 2 is 0.740 bits per heavy atom. The molecule has 0 radical (unpaired) electrons. The minimum Gasteiger partial charge on any atom is -0.192 e. The van der Waals surface area contributed by atoms with Crippen molar-refractivity contribution in [3.63, 3.8) is 0 Å². The van der Waals surface area contributed by atoms with Gasteiger partial charge in [0, 0.05) is 5.39 Å². The Morgan fingerprint density at radius 3 is 1.36 bits per heavy atom. The van der Waals surface area contributed by atoms with Crippen molar-refractivity contribution in [3.8, 4) is 72.8 Å². The molecule has 230 valence electrons. The van der Waals surface area contributed by atoms with E-state index < -0.39 is 0 Å². The topological polar surface area (TPSA) is 23.8 Å². The first-order valence-corrected chi connectivity index (χ1v) is 17.1. The summed E-state index contributed by atoms with van der Waals surface area (Å²) < 4.78 is 0. The van der Waals surface area contributed by atoms with Crippen molar-refractivity contribution in [2.24, 2.45) is 0 Å². The van der Waals surface area contributed by atoms with Crippen LogP contribution < -0.4 is 0 Å². The zero-order valence-electron chi connectivity index (χ0n) is 27.2. The van der Waals surface area contributed by atoms with Crippen LogP contribution in [-0.2, 0) is 0 Å². The van der Waals surface area contributed by atoms with E-state index in [4.69, 9.17) is 0 Å². The lowest BCUT2D eigenvalue weighted by atomic mass is 9.82. The van der Waals surface area contributed by atoms with Crippen LogP contribution in [0.25, 0.3) is 99.1 Å². The first-order chi connectivity index (χ1) is 24.8. The van der Waals surface area contributed by atoms with Crippen LogP contribution in [0.1, 0.15) is 5.56 Å². The van der Waals surface area contributed by atoms with E-state index in [-0.39, 0.29) is 0 Å². The van der Waals surface area contributed by atoms with Gasteiger partial charge < -0.3 is 0 Å². The first kappa shape index (κ1) is 28.3. The van der Waals surface area contributed by atoms with E-state index in [0.717, 1.165) is 21.9 Å². The minimum atomic E-state index is 0.699. The molecule has 1 nitrogen and oxygen atoms in total. The maximum Gasteiger partial charge on any atom is 0.0998 e. The minimum absolute atomic E-state index is 0.699. The quantitative estimate of drug-likeness (QED) is 0.190. The summed E-state index contributed by atoms with van der Waals surface area (Å²) in [6, 6.07) is 65.7. The van der Waals surface area contributed by atoms with E-state index in [0.29, 0.717) is 5.56 Å². The van der Waals surface area contributed by atoms with E-state index in [2.05, 4.69) is 164 Å². The largest absolute Gasteiger partial charge is 0.192 e. The summed E-state index contributed by atoms with van der Waals surface area (Å²) in [5.74, 6) is 0. The molecule has 0 bridgehead atoms. The summed E-state index contributed by atoms with van der Waals surface area (Å²) in [6.07, 6.45) is 0. The van der Waals surface area contributed by atoms with Gasteiger partial charge in [0.1, 0.15) is 0 Å². The van der Waals surface area contributed by atoms with Crippen molar-refractivity contribution in [2.45, 2.75) is 0 Å². The molecule has 0 fully saturated rings. The van der Waals surface area contributed by atoms with E-state index >= 15 is 0 Å². The molecule has 0 spiro atoms. The molecule has 0 aromatic heterocycles. The van der Waals surface area contributed by atoms with Gasteiger partial charge >= 0.3 is 0 Å². The van der Waals surface area contributed by atoms with Gasteiger partial charge in [0.15, 0.2) is 0 Å². The average Bonchev–Trinajstić information content (AvgIpc) is 3.52. The fraction of sp³-hybridized carbons (Fsp3) is 0. The van der Waals surface area contributed by atoms with E-state index in [1.807, 2.05) is 18.2 Å². The molecule has 0 aliphatic heterocycles. The van der Waals surface area contributed by atoms with Gasteiger partial charge in [0.25, 0.3) is 0 Å². The molecule has 50 heavy (non-hydrogen) atoms. The van der Waals surface area contributed by atoms with Crippen LogP contribution in [0.5, 0.6) is 0 Å². The maximum absolute atomic E-state index is 9.77. The molecular weight excluding hydrogens is 603 g/mol.